The van der Waals surface area contributed by atoms with Gasteiger partial charge in [-0.2, -0.15) is 0 Å². The molecule has 1 fully saturated rings. The molecule has 1 aliphatic rings. The zero-order valence-electron chi connectivity index (χ0n) is 9.99. The third kappa shape index (κ3) is 3.38. The number of nitrogens with zero attached hydrogens (tertiary/aromatic N) is 1. The molecule has 4 nitrogen and oxygen atoms in total. The number of rotatable bonds is 1. The van der Waals surface area contributed by atoms with Crippen molar-refractivity contribution in [3.05, 3.63) is 0 Å². The first kappa shape index (κ1) is 12.3. The zero-order chi connectivity index (χ0) is 11.6. The van der Waals surface area contributed by atoms with Crippen LogP contribution in [-0.4, -0.2) is 40.9 Å². The van der Waals surface area contributed by atoms with Crippen LogP contribution < -0.4 is 0 Å². The Kier molecular flexibility index (Phi) is 3.60. The van der Waals surface area contributed by atoms with Crippen molar-refractivity contribution < 1.29 is 14.6 Å². The highest BCUT2D eigenvalue weighted by molar-refractivity contribution is 5.68. The molecule has 1 heterocycles. The fourth-order valence-electron chi connectivity index (χ4n) is 1.85. The maximum atomic E-state index is 11.8. The van der Waals surface area contributed by atoms with Crippen molar-refractivity contribution in [2.45, 2.75) is 45.8 Å². The van der Waals surface area contributed by atoms with Crippen LogP contribution in [0.1, 0.15) is 34.1 Å². The molecule has 1 aliphatic heterocycles. The predicted octanol–water partition coefficient (Wildman–Crippen LogP) is 1.62. The molecule has 1 N–H and O–H groups in total. The summed E-state index contributed by atoms with van der Waals surface area (Å²) in [6, 6.07) is 0.164. The minimum atomic E-state index is -0.450. The molecule has 88 valence electrons. The van der Waals surface area contributed by atoms with Gasteiger partial charge in [-0.1, -0.05) is 0 Å². The van der Waals surface area contributed by atoms with Gasteiger partial charge in [0.15, 0.2) is 0 Å². The van der Waals surface area contributed by atoms with Gasteiger partial charge in [0.25, 0.3) is 0 Å². The third-order valence-corrected chi connectivity index (χ3v) is 2.55. The van der Waals surface area contributed by atoms with E-state index in [1.165, 1.54) is 0 Å². The molecule has 4 heteroatoms. The Morgan fingerprint density at radius 1 is 1.53 bits per heavy atom. The first-order valence-electron chi connectivity index (χ1n) is 5.44. The van der Waals surface area contributed by atoms with Crippen molar-refractivity contribution in [2.24, 2.45) is 5.92 Å². The second kappa shape index (κ2) is 4.39. The average molecular weight is 215 g/mol. The van der Waals surface area contributed by atoms with Gasteiger partial charge in [-0.05, 0) is 34.1 Å². The quantitative estimate of drug-likeness (QED) is 0.723. The number of amides is 1. The van der Waals surface area contributed by atoms with E-state index in [0.29, 0.717) is 6.54 Å². The number of hydrogen-bond acceptors (Lipinski definition) is 3. The van der Waals surface area contributed by atoms with E-state index in [-0.39, 0.29) is 24.7 Å². The number of carbonyl (C=O) groups excluding carboxylic acids is 1. The minimum Gasteiger partial charge on any atom is -0.444 e. The minimum absolute atomic E-state index is 0.142. The van der Waals surface area contributed by atoms with E-state index in [9.17, 15) is 4.79 Å². The standard InChI is InChI=1S/C11H21NO3/c1-8-5-9(7-13)6-12(8)10(14)15-11(2,3)4/h8-9,13H,5-7H2,1-4H3/t8-,9-/m1/s1. The first-order chi connectivity index (χ1) is 6.83. The lowest BCUT2D eigenvalue weighted by molar-refractivity contribution is 0.0230. The number of aliphatic hydroxyl groups is 1. The summed E-state index contributed by atoms with van der Waals surface area (Å²) in [6.45, 7) is 8.30. The second-order valence-electron chi connectivity index (χ2n) is 5.27. The highest BCUT2D eigenvalue weighted by Gasteiger charge is 2.34. The van der Waals surface area contributed by atoms with E-state index in [2.05, 4.69) is 0 Å². The van der Waals surface area contributed by atoms with Crippen LogP contribution in [0.4, 0.5) is 4.79 Å². The van der Waals surface area contributed by atoms with Crippen molar-refractivity contribution in [2.75, 3.05) is 13.2 Å². The Bertz CT molecular complexity index is 234. The van der Waals surface area contributed by atoms with Gasteiger partial charge in [-0.15, -0.1) is 0 Å². The summed E-state index contributed by atoms with van der Waals surface area (Å²) in [7, 11) is 0. The lowest BCUT2D eigenvalue weighted by Crippen LogP contribution is -2.38. The van der Waals surface area contributed by atoms with E-state index in [0.717, 1.165) is 6.42 Å². The summed E-state index contributed by atoms with van der Waals surface area (Å²) in [5.41, 5.74) is -0.450. The molecule has 0 saturated carbocycles. The van der Waals surface area contributed by atoms with Crippen LogP contribution in [0.25, 0.3) is 0 Å². The van der Waals surface area contributed by atoms with Crippen molar-refractivity contribution in [3.63, 3.8) is 0 Å². The zero-order valence-corrected chi connectivity index (χ0v) is 9.99. The van der Waals surface area contributed by atoms with E-state index >= 15 is 0 Å². The summed E-state index contributed by atoms with van der Waals surface area (Å²) in [4.78, 5) is 13.5. The van der Waals surface area contributed by atoms with Gasteiger partial charge in [-0.25, -0.2) is 4.79 Å². The predicted molar refractivity (Wildman–Crippen MR) is 57.6 cm³/mol. The summed E-state index contributed by atoms with van der Waals surface area (Å²) < 4.78 is 5.29. The lowest BCUT2D eigenvalue weighted by atomic mass is 10.1. The molecule has 0 aromatic carbocycles. The molecule has 0 aromatic rings. The highest BCUT2D eigenvalue weighted by atomic mass is 16.6. The Labute approximate surface area is 91.2 Å². The highest BCUT2D eigenvalue weighted by Crippen LogP contribution is 2.24. The molecule has 0 unspecified atom stereocenters. The van der Waals surface area contributed by atoms with Gasteiger partial charge >= 0.3 is 6.09 Å². The van der Waals surface area contributed by atoms with Crippen LogP contribution in [0.15, 0.2) is 0 Å². The van der Waals surface area contributed by atoms with Gasteiger partial charge in [0.1, 0.15) is 5.60 Å². The van der Waals surface area contributed by atoms with Crippen LogP contribution in [0.3, 0.4) is 0 Å². The number of hydrogen-bond donors (Lipinski definition) is 1. The van der Waals surface area contributed by atoms with Crippen LogP contribution in [-0.2, 0) is 4.74 Å². The van der Waals surface area contributed by atoms with E-state index in [4.69, 9.17) is 9.84 Å². The number of carbonyl (C=O) groups is 1. The molecule has 2 atom stereocenters. The maximum Gasteiger partial charge on any atom is 0.410 e. The number of likely N-dealkylation sites (tertiary alicyclic amines) is 1. The van der Waals surface area contributed by atoms with Crippen LogP contribution in [0.5, 0.6) is 0 Å². The van der Waals surface area contributed by atoms with Crippen molar-refractivity contribution >= 4 is 6.09 Å². The Morgan fingerprint density at radius 3 is 2.53 bits per heavy atom. The van der Waals surface area contributed by atoms with Crippen molar-refractivity contribution in [1.29, 1.82) is 0 Å². The monoisotopic (exact) mass is 215 g/mol. The number of aliphatic hydroxyl groups excluding tert-OH is 1. The van der Waals surface area contributed by atoms with E-state index < -0.39 is 5.60 Å². The first-order valence-corrected chi connectivity index (χ1v) is 5.44. The van der Waals surface area contributed by atoms with Crippen LogP contribution >= 0.6 is 0 Å². The molecule has 0 bridgehead atoms. The van der Waals surface area contributed by atoms with Gasteiger partial charge in [-0.3, -0.25) is 0 Å². The summed E-state index contributed by atoms with van der Waals surface area (Å²) in [5, 5.41) is 9.04. The maximum absolute atomic E-state index is 11.8. The summed E-state index contributed by atoms with van der Waals surface area (Å²) in [6.07, 6.45) is 0.585. The fourth-order valence-corrected chi connectivity index (χ4v) is 1.85. The average Bonchev–Trinajstić information content (AvgIpc) is 2.43. The second-order valence-corrected chi connectivity index (χ2v) is 5.27. The molecular formula is C11H21NO3. The molecule has 0 spiro atoms. The van der Waals surface area contributed by atoms with Crippen LogP contribution in [0, 0.1) is 5.92 Å². The van der Waals surface area contributed by atoms with Crippen LogP contribution in [0.2, 0.25) is 0 Å². The molecule has 0 aromatic heterocycles. The Hall–Kier alpha value is -0.770. The molecule has 0 radical (unpaired) electrons. The van der Waals surface area contributed by atoms with E-state index in [1.54, 1.807) is 4.90 Å². The third-order valence-electron chi connectivity index (χ3n) is 2.55. The smallest absolute Gasteiger partial charge is 0.410 e. The number of ether oxygens (including phenoxy) is 1. The molecule has 15 heavy (non-hydrogen) atoms. The van der Waals surface area contributed by atoms with Gasteiger partial charge in [0.2, 0.25) is 0 Å². The summed E-state index contributed by atoms with van der Waals surface area (Å²) in [5.74, 6) is 0.201. The Balaban J connectivity index is 2.54. The SMILES string of the molecule is C[C@@H]1C[C@@H](CO)CN1C(=O)OC(C)(C)C. The topological polar surface area (TPSA) is 49.8 Å². The molecule has 1 rings (SSSR count). The fraction of sp³-hybridized carbons (Fsp3) is 0.909. The molecule has 1 saturated heterocycles. The normalized spacial score (nSPS) is 26.9. The van der Waals surface area contributed by atoms with Gasteiger partial charge in [0, 0.05) is 25.1 Å². The lowest BCUT2D eigenvalue weighted by Gasteiger charge is -2.26. The Morgan fingerprint density at radius 2 is 2.13 bits per heavy atom. The molecule has 1 amide bonds. The molecule has 0 aliphatic carbocycles. The van der Waals surface area contributed by atoms with Gasteiger partial charge < -0.3 is 14.7 Å². The van der Waals surface area contributed by atoms with Crippen molar-refractivity contribution in [3.8, 4) is 0 Å². The molecular weight excluding hydrogens is 194 g/mol. The van der Waals surface area contributed by atoms with Gasteiger partial charge in [0.05, 0.1) is 0 Å². The largest absolute Gasteiger partial charge is 0.444 e. The summed E-state index contributed by atoms with van der Waals surface area (Å²) >= 11 is 0. The van der Waals surface area contributed by atoms with Crippen molar-refractivity contribution in [1.82, 2.24) is 4.90 Å². The van der Waals surface area contributed by atoms with E-state index in [1.807, 2.05) is 27.7 Å².